The van der Waals surface area contributed by atoms with Crippen LogP contribution in [0.2, 0.25) is 0 Å². The first kappa shape index (κ1) is 14.4. The van der Waals surface area contributed by atoms with Crippen molar-refractivity contribution in [3.63, 3.8) is 0 Å². The monoisotopic (exact) mass is 284 g/mol. The second-order valence-corrected chi connectivity index (χ2v) is 5.77. The van der Waals surface area contributed by atoms with Gasteiger partial charge in [0.2, 0.25) is 11.8 Å². The maximum atomic E-state index is 12.6. The zero-order valence-corrected chi connectivity index (χ0v) is 12.3. The second kappa shape index (κ2) is 5.53. The number of carbonyl (C=O) groups excluding carboxylic acids is 2. The molecule has 1 heterocycles. The lowest BCUT2D eigenvalue weighted by molar-refractivity contribution is -0.156. The second-order valence-electron chi connectivity index (χ2n) is 5.55. The Hall–Kier alpha value is -1.03. The molecular formula is C14H21ClN2O2. The number of halogens is 1. The summed E-state index contributed by atoms with van der Waals surface area (Å²) in [5.74, 6) is 0.0423. The minimum absolute atomic E-state index is 0.0128. The smallest absolute Gasteiger partial charge is 0.246 e. The van der Waals surface area contributed by atoms with E-state index >= 15 is 0 Å². The number of amides is 2. The summed E-state index contributed by atoms with van der Waals surface area (Å²) in [6.07, 6.45) is 4.14. The van der Waals surface area contributed by atoms with E-state index in [9.17, 15) is 9.59 Å². The first-order valence-electron chi connectivity index (χ1n) is 6.93. The lowest BCUT2D eigenvalue weighted by Crippen LogP contribution is -2.69. The van der Waals surface area contributed by atoms with Gasteiger partial charge in [0.15, 0.2) is 0 Å². The fourth-order valence-electron chi connectivity index (χ4n) is 3.12. The summed E-state index contributed by atoms with van der Waals surface area (Å²) >= 11 is 5.72. The number of carbonyl (C=O) groups is 2. The molecule has 0 bridgehead atoms. The number of hydrogen-bond donors (Lipinski definition) is 1. The first-order valence-corrected chi connectivity index (χ1v) is 7.37. The van der Waals surface area contributed by atoms with Gasteiger partial charge in [0.1, 0.15) is 11.6 Å². The van der Waals surface area contributed by atoms with Crippen molar-refractivity contribution in [2.45, 2.75) is 57.5 Å². The zero-order valence-electron chi connectivity index (χ0n) is 11.5. The molecule has 1 N–H and O–H groups in total. The lowest BCUT2D eigenvalue weighted by Gasteiger charge is -2.46. The number of piperazine rings is 1. The fourth-order valence-corrected chi connectivity index (χ4v) is 3.19. The van der Waals surface area contributed by atoms with Gasteiger partial charge in [0, 0.05) is 12.1 Å². The van der Waals surface area contributed by atoms with Crippen LogP contribution >= 0.6 is 11.6 Å². The molecule has 1 atom stereocenters. The third kappa shape index (κ3) is 2.38. The molecule has 1 unspecified atom stereocenters. The summed E-state index contributed by atoms with van der Waals surface area (Å²) in [5.41, 5.74) is 1.76. The molecule has 2 amide bonds. The van der Waals surface area contributed by atoms with E-state index in [0.717, 1.165) is 31.3 Å². The van der Waals surface area contributed by atoms with Crippen LogP contribution in [0.5, 0.6) is 0 Å². The molecule has 2 fully saturated rings. The molecule has 1 saturated carbocycles. The van der Waals surface area contributed by atoms with Gasteiger partial charge < -0.3 is 10.2 Å². The highest BCUT2D eigenvalue weighted by molar-refractivity contribution is 6.25. The summed E-state index contributed by atoms with van der Waals surface area (Å²) in [6, 6.07) is -0.387. The molecule has 5 heteroatoms. The number of rotatable bonds is 3. The Balaban J connectivity index is 2.33. The van der Waals surface area contributed by atoms with Gasteiger partial charge in [0.25, 0.3) is 0 Å². The molecule has 0 aromatic heterocycles. The Bertz CT molecular complexity index is 414. The van der Waals surface area contributed by atoms with E-state index in [4.69, 9.17) is 11.6 Å². The molecular weight excluding hydrogens is 264 g/mol. The summed E-state index contributed by atoms with van der Waals surface area (Å²) in [7, 11) is 0. The quantitative estimate of drug-likeness (QED) is 0.863. The van der Waals surface area contributed by atoms with Crippen molar-refractivity contribution in [2.24, 2.45) is 0 Å². The van der Waals surface area contributed by atoms with Crippen LogP contribution < -0.4 is 5.32 Å². The van der Waals surface area contributed by atoms with E-state index in [2.05, 4.69) is 5.32 Å². The van der Waals surface area contributed by atoms with Gasteiger partial charge in [-0.15, -0.1) is 0 Å². The average molecular weight is 285 g/mol. The SMILES string of the molecule is CCC1NC(=O)C2(CCCC2)N(CC(C)=CCl)C1=O. The van der Waals surface area contributed by atoms with Gasteiger partial charge in [-0.25, -0.2) is 0 Å². The van der Waals surface area contributed by atoms with Crippen molar-refractivity contribution in [2.75, 3.05) is 6.54 Å². The molecule has 0 aromatic rings. The molecule has 1 aliphatic carbocycles. The van der Waals surface area contributed by atoms with Gasteiger partial charge in [-0.3, -0.25) is 9.59 Å². The first-order chi connectivity index (χ1) is 9.05. The molecule has 1 saturated heterocycles. The number of hydrogen-bond acceptors (Lipinski definition) is 2. The topological polar surface area (TPSA) is 49.4 Å². The summed E-state index contributed by atoms with van der Waals surface area (Å²) in [6.45, 7) is 4.25. The van der Waals surface area contributed by atoms with Crippen LogP contribution in [-0.2, 0) is 9.59 Å². The Kier molecular flexibility index (Phi) is 4.19. The molecule has 0 radical (unpaired) electrons. The Morgan fingerprint density at radius 3 is 2.63 bits per heavy atom. The van der Waals surface area contributed by atoms with Crippen molar-refractivity contribution in [3.8, 4) is 0 Å². The average Bonchev–Trinajstić information content (AvgIpc) is 2.89. The maximum Gasteiger partial charge on any atom is 0.246 e. The van der Waals surface area contributed by atoms with E-state index in [1.54, 1.807) is 4.90 Å². The van der Waals surface area contributed by atoms with Gasteiger partial charge in [-0.05, 0) is 31.8 Å². The van der Waals surface area contributed by atoms with Crippen molar-refractivity contribution in [1.29, 1.82) is 0 Å². The molecule has 2 aliphatic rings. The minimum atomic E-state index is -0.635. The Morgan fingerprint density at radius 2 is 2.11 bits per heavy atom. The van der Waals surface area contributed by atoms with Crippen LogP contribution in [0.3, 0.4) is 0 Å². The largest absolute Gasteiger partial charge is 0.342 e. The van der Waals surface area contributed by atoms with Gasteiger partial charge in [-0.2, -0.15) is 0 Å². The van der Waals surface area contributed by atoms with Gasteiger partial charge in [-0.1, -0.05) is 31.4 Å². The normalized spacial score (nSPS) is 27.0. The van der Waals surface area contributed by atoms with Crippen molar-refractivity contribution < 1.29 is 9.59 Å². The van der Waals surface area contributed by atoms with Crippen molar-refractivity contribution >= 4 is 23.4 Å². The third-order valence-corrected chi connectivity index (χ3v) is 4.61. The standard InChI is InChI=1S/C14H21ClN2O2/c1-3-11-12(18)17(9-10(2)8-15)14(13(19)16-11)6-4-5-7-14/h8,11H,3-7,9H2,1-2H3,(H,16,19). The van der Waals surface area contributed by atoms with E-state index in [0.29, 0.717) is 13.0 Å². The van der Waals surface area contributed by atoms with Crippen LogP contribution in [0, 0.1) is 0 Å². The fraction of sp³-hybridized carbons (Fsp3) is 0.714. The van der Waals surface area contributed by atoms with Crippen molar-refractivity contribution in [3.05, 3.63) is 11.1 Å². The molecule has 0 aromatic carbocycles. The van der Waals surface area contributed by atoms with Crippen LogP contribution in [0.4, 0.5) is 0 Å². The molecule has 1 aliphatic heterocycles. The van der Waals surface area contributed by atoms with E-state index in [-0.39, 0.29) is 17.9 Å². The molecule has 19 heavy (non-hydrogen) atoms. The molecule has 4 nitrogen and oxygen atoms in total. The predicted molar refractivity (Wildman–Crippen MR) is 74.7 cm³/mol. The Morgan fingerprint density at radius 1 is 1.47 bits per heavy atom. The summed E-state index contributed by atoms with van der Waals surface area (Å²) in [4.78, 5) is 26.8. The summed E-state index contributed by atoms with van der Waals surface area (Å²) < 4.78 is 0. The van der Waals surface area contributed by atoms with Crippen LogP contribution in [0.15, 0.2) is 11.1 Å². The predicted octanol–water partition coefficient (Wildman–Crippen LogP) is 2.18. The molecule has 2 rings (SSSR count). The van der Waals surface area contributed by atoms with Gasteiger partial charge in [0.05, 0.1) is 0 Å². The van der Waals surface area contributed by atoms with Crippen LogP contribution in [0.1, 0.15) is 46.0 Å². The number of nitrogens with one attached hydrogen (secondary N) is 1. The van der Waals surface area contributed by atoms with E-state index in [1.807, 2.05) is 13.8 Å². The highest BCUT2D eigenvalue weighted by Crippen LogP contribution is 2.38. The number of nitrogens with zero attached hydrogens (tertiary/aromatic N) is 1. The van der Waals surface area contributed by atoms with Crippen molar-refractivity contribution in [1.82, 2.24) is 10.2 Å². The lowest BCUT2D eigenvalue weighted by atomic mass is 9.88. The maximum absolute atomic E-state index is 12.6. The Labute approximate surface area is 119 Å². The highest BCUT2D eigenvalue weighted by atomic mass is 35.5. The minimum Gasteiger partial charge on any atom is -0.342 e. The summed E-state index contributed by atoms with van der Waals surface area (Å²) in [5, 5.41) is 2.89. The van der Waals surface area contributed by atoms with Crippen LogP contribution in [0.25, 0.3) is 0 Å². The van der Waals surface area contributed by atoms with E-state index < -0.39 is 5.54 Å². The third-order valence-electron chi connectivity index (χ3n) is 4.24. The van der Waals surface area contributed by atoms with E-state index in [1.165, 1.54) is 5.54 Å². The molecule has 1 spiro atoms. The van der Waals surface area contributed by atoms with Crippen LogP contribution in [-0.4, -0.2) is 34.8 Å². The molecule has 106 valence electrons. The zero-order chi connectivity index (χ0) is 14.0. The van der Waals surface area contributed by atoms with Gasteiger partial charge >= 0.3 is 0 Å². The highest BCUT2D eigenvalue weighted by Gasteiger charge is 2.53.